The van der Waals surface area contributed by atoms with Crippen molar-refractivity contribution < 1.29 is 22.0 Å². The number of halogens is 6. The van der Waals surface area contributed by atoms with Gasteiger partial charge in [-0.05, 0) is 18.2 Å². The van der Waals surface area contributed by atoms with Crippen LogP contribution in [-0.4, -0.2) is 0 Å². The first kappa shape index (κ1) is 17.1. The van der Waals surface area contributed by atoms with Gasteiger partial charge in [0.2, 0.25) is 0 Å². The first-order valence-electron chi connectivity index (χ1n) is 1.74. The van der Waals surface area contributed by atoms with E-state index in [2.05, 4.69) is 18.2 Å². The molecule has 0 saturated heterocycles. The summed E-state index contributed by atoms with van der Waals surface area (Å²) < 4.78 is 52.1. The third-order valence-corrected chi connectivity index (χ3v) is 0.286. The maximum Gasteiger partial charge on any atom is 0.317 e. The van der Waals surface area contributed by atoms with Crippen LogP contribution in [0.5, 0.6) is 0 Å². The average molecular weight is 215 g/mol. The molecule has 1 atom stereocenters. The van der Waals surface area contributed by atoms with E-state index < -0.39 is 17.4 Å². The van der Waals surface area contributed by atoms with E-state index in [4.69, 9.17) is 0 Å². The number of hydrogen-bond acceptors (Lipinski definition) is 0. The Hall–Kier alpha value is -0.150. The quantitative estimate of drug-likeness (QED) is 0.426. The lowest BCUT2D eigenvalue weighted by atomic mass is 11.1. The lowest BCUT2D eigenvalue weighted by Gasteiger charge is -1.70. The Morgan fingerprint density at radius 3 is 1.09 bits per heavy atom. The third kappa shape index (κ3) is 41.0. The lowest BCUT2D eigenvalue weighted by Crippen LogP contribution is -1.54. The minimum atomic E-state index is -2.48. The Bertz CT molecular complexity index is 123. The standard InChI is InChI=1S/C2ClF3.C2H2F2.H3P/c3-1(4)2(5)6;1-2(3)4;/h;1H2;1H3. The fourth-order valence-corrected chi connectivity index (χ4v) is 0. The van der Waals surface area contributed by atoms with E-state index in [1.807, 2.05) is 0 Å². The van der Waals surface area contributed by atoms with Crippen molar-refractivity contribution in [3.63, 3.8) is 0 Å². The Balaban J connectivity index is -0.000000114. The van der Waals surface area contributed by atoms with Gasteiger partial charge in [-0.25, -0.2) is 0 Å². The van der Waals surface area contributed by atoms with Crippen LogP contribution in [0.4, 0.5) is 22.0 Å². The second kappa shape index (κ2) is 9.85. The van der Waals surface area contributed by atoms with Crippen molar-refractivity contribution in [3.05, 3.63) is 24.0 Å². The van der Waals surface area contributed by atoms with Crippen LogP contribution in [-0.2, 0) is 0 Å². The molecule has 0 heterocycles. The number of rotatable bonds is 0. The van der Waals surface area contributed by atoms with E-state index in [0.29, 0.717) is 0 Å². The molecular weight excluding hydrogens is 209 g/mol. The van der Waals surface area contributed by atoms with E-state index in [1.54, 1.807) is 0 Å². The first-order chi connectivity index (χ1) is 4.37. The summed E-state index contributed by atoms with van der Waals surface area (Å²) in [6, 6.07) is 0. The van der Waals surface area contributed by atoms with Gasteiger partial charge in [-0.2, -0.15) is 31.9 Å². The summed E-state index contributed by atoms with van der Waals surface area (Å²) >= 11 is 4.08. The van der Waals surface area contributed by atoms with Crippen molar-refractivity contribution in [2.45, 2.75) is 0 Å². The van der Waals surface area contributed by atoms with E-state index >= 15 is 0 Å². The molecule has 0 aromatic heterocycles. The fraction of sp³-hybridized carbons (Fsp3) is 0. The summed E-state index contributed by atoms with van der Waals surface area (Å²) in [6.45, 7) is 2.22. The Labute approximate surface area is 68.3 Å². The van der Waals surface area contributed by atoms with Crippen LogP contribution in [0.2, 0.25) is 0 Å². The highest BCUT2D eigenvalue weighted by Gasteiger charge is 1.95. The van der Waals surface area contributed by atoms with Crippen molar-refractivity contribution in [2.75, 3.05) is 0 Å². The molecule has 0 amide bonds. The van der Waals surface area contributed by atoms with Crippen LogP contribution < -0.4 is 0 Å². The van der Waals surface area contributed by atoms with Gasteiger partial charge >= 0.3 is 6.08 Å². The van der Waals surface area contributed by atoms with Gasteiger partial charge in [-0.15, -0.1) is 0 Å². The maximum absolute atomic E-state index is 10.7. The summed E-state index contributed by atoms with van der Waals surface area (Å²) in [6.07, 6.45) is -4.31. The highest BCUT2D eigenvalue weighted by atomic mass is 35.5. The summed E-state index contributed by atoms with van der Waals surface area (Å²) in [5, 5.41) is -1.94. The van der Waals surface area contributed by atoms with Crippen LogP contribution in [0.1, 0.15) is 0 Å². The Morgan fingerprint density at radius 1 is 1.00 bits per heavy atom. The lowest BCUT2D eigenvalue weighted by molar-refractivity contribution is 0.393. The molecule has 0 nitrogen and oxygen atoms in total. The smallest absolute Gasteiger partial charge is 0.188 e. The van der Waals surface area contributed by atoms with Gasteiger partial charge in [0.15, 0.2) is 0 Å². The van der Waals surface area contributed by atoms with Crippen molar-refractivity contribution in [1.29, 1.82) is 0 Å². The summed E-state index contributed by atoms with van der Waals surface area (Å²) in [5.74, 6) is 0. The van der Waals surface area contributed by atoms with Gasteiger partial charge in [-0.3, -0.25) is 0 Å². The van der Waals surface area contributed by atoms with E-state index in [1.165, 1.54) is 0 Å². The molecule has 0 N–H and O–H groups in total. The predicted molar refractivity (Wildman–Crippen MR) is 38.7 cm³/mol. The molecule has 11 heavy (non-hydrogen) atoms. The molecule has 0 aromatic rings. The van der Waals surface area contributed by atoms with Crippen LogP contribution in [0, 0.1) is 0 Å². The second-order valence-electron chi connectivity index (χ2n) is 0.860. The fourth-order valence-electron chi connectivity index (χ4n) is 0. The molecule has 0 saturated carbocycles. The zero-order chi connectivity index (χ0) is 8.73. The first-order valence-corrected chi connectivity index (χ1v) is 2.12. The zero-order valence-electron chi connectivity index (χ0n) is 5.18. The Morgan fingerprint density at radius 2 is 1.09 bits per heavy atom. The highest BCUT2D eigenvalue weighted by molar-refractivity contribution is 6.92. The third-order valence-electron chi connectivity index (χ3n) is 0.143. The minimum absolute atomic E-state index is 0. The molecule has 0 aliphatic carbocycles. The molecule has 0 radical (unpaired) electrons. The second-order valence-corrected chi connectivity index (χ2v) is 1.19. The van der Waals surface area contributed by atoms with Crippen LogP contribution in [0.15, 0.2) is 24.0 Å². The molecule has 0 rings (SSSR count). The van der Waals surface area contributed by atoms with Crippen molar-refractivity contribution >= 4 is 21.5 Å². The van der Waals surface area contributed by atoms with Crippen LogP contribution in [0.3, 0.4) is 0 Å². The van der Waals surface area contributed by atoms with Gasteiger partial charge in [0, 0.05) is 0 Å². The molecule has 0 fully saturated rings. The van der Waals surface area contributed by atoms with Crippen LogP contribution >= 0.6 is 21.5 Å². The van der Waals surface area contributed by atoms with Gasteiger partial charge < -0.3 is 0 Å². The molecule has 0 aliphatic rings. The SMILES string of the molecule is C=C(F)F.FC(F)=C(F)Cl.P. The number of hydrogen-bond donors (Lipinski definition) is 0. The summed E-state index contributed by atoms with van der Waals surface area (Å²) in [5.41, 5.74) is 0. The van der Waals surface area contributed by atoms with Gasteiger partial charge in [0.1, 0.15) is 0 Å². The van der Waals surface area contributed by atoms with Gasteiger partial charge in [0.05, 0.1) is 0 Å². The van der Waals surface area contributed by atoms with Crippen molar-refractivity contribution in [1.82, 2.24) is 0 Å². The molecule has 0 aliphatic heterocycles. The summed E-state index contributed by atoms with van der Waals surface area (Å²) in [7, 11) is 0. The highest BCUT2D eigenvalue weighted by Crippen LogP contribution is 2.11. The Kier molecular flexibility index (Phi) is 15.3. The van der Waals surface area contributed by atoms with Crippen molar-refractivity contribution in [3.8, 4) is 0 Å². The molecular formula is C4H5ClF5P. The molecule has 1 unspecified atom stereocenters. The molecule has 0 bridgehead atoms. The monoisotopic (exact) mass is 214 g/mol. The zero-order valence-corrected chi connectivity index (χ0v) is 7.35. The molecule has 68 valence electrons. The van der Waals surface area contributed by atoms with Gasteiger partial charge in [-0.1, -0.05) is 0 Å². The topological polar surface area (TPSA) is 0 Å². The van der Waals surface area contributed by atoms with Crippen molar-refractivity contribution in [2.24, 2.45) is 0 Å². The minimum Gasteiger partial charge on any atom is -0.188 e. The molecule has 0 aromatic carbocycles. The van der Waals surface area contributed by atoms with E-state index in [0.717, 1.165) is 0 Å². The predicted octanol–water partition coefficient (Wildman–Crippen LogP) is 3.72. The maximum atomic E-state index is 10.7. The van der Waals surface area contributed by atoms with Gasteiger partial charge in [0.25, 0.3) is 11.4 Å². The van der Waals surface area contributed by atoms with E-state index in [9.17, 15) is 22.0 Å². The molecule has 7 heteroatoms. The summed E-state index contributed by atoms with van der Waals surface area (Å²) in [4.78, 5) is 0. The average Bonchev–Trinajstić information content (AvgIpc) is 1.63. The largest absolute Gasteiger partial charge is 0.317 e. The molecule has 0 spiro atoms. The normalized spacial score (nSPS) is 6.73. The van der Waals surface area contributed by atoms with Crippen LogP contribution in [0.25, 0.3) is 0 Å². The van der Waals surface area contributed by atoms with E-state index in [-0.39, 0.29) is 9.90 Å².